The van der Waals surface area contributed by atoms with Crippen LogP contribution in [0.5, 0.6) is 0 Å². The maximum Gasteiger partial charge on any atom is 0.128 e. The zero-order valence-corrected chi connectivity index (χ0v) is 15.2. The van der Waals surface area contributed by atoms with Crippen LogP contribution in [0.3, 0.4) is 0 Å². The molecule has 1 aliphatic rings. The van der Waals surface area contributed by atoms with Gasteiger partial charge in [-0.3, -0.25) is 0 Å². The van der Waals surface area contributed by atoms with Crippen molar-refractivity contribution < 1.29 is 13.5 Å². The van der Waals surface area contributed by atoms with E-state index in [9.17, 15) is 8.78 Å². The maximum atomic E-state index is 14.3. The van der Waals surface area contributed by atoms with E-state index in [2.05, 4.69) is 10.6 Å². The minimum atomic E-state index is -0.365. The van der Waals surface area contributed by atoms with E-state index in [4.69, 9.17) is 4.74 Å². The fraction of sp³-hybridized carbons (Fsp3) is 0.684. The lowest BCUT2D eigenvalue weighted by atomic mass is 10.0. The van der Waals surface area contributed by atoms with Gasteiger partial charge in [0, 0.05) is 30.6 Å². The molecule has 1 heterocycles. The standard InChI is InChI=1S/C19H30F2N2O/c1-13(24-12-14-5-6-22-10-14)7-15-8-18(21)16(9-17(15)20)11-23-19(2,3)4/h8-9,13-14,22-23H,5-7,10-12H2,1-4H3. The van der Waals surface area contributed by atoms with Crippen molar-refractivity contribution in [3.05, 3.63) is 34.9 Å². The molecule has 0 radical (unpaired) electrons. The normalized spacial score (nSPS) is 19.7. The van der Waals surface area contributed by atoms with Gasteiger partial charge in [-0.25, -0.2) is 8.78 Å². The molecule has 1 fully saturated rings. The predicted octanol–water partition coefficient (Wildman–Crippen LogP) is 3.41. The van der Waals surface area contributed by atoms with Crippen LogP contribution in [0, 0.1) is 17.6 Å². The Kier molecular flexibility index (Phi) is 6.72. The van der Waals surface area contributed by atoms with Gasteiger partial charge in [0.15, 0.2) is 0 Å². The molecule has 0 aromatic heterocycles. The summed E-state index contributed by atoms with van der Waals surface area (Å²) in [6.07, 6.45) is 1.37. The summed E-state index contributed by atoms with van der Waals surface area (Å²) in [7, 11) is 0. The zero-order chi connectivity index (χ0) is 17.7. The number of hydrogen-bond donors (Lipinski definition) is 2. The molecule has 1 aromatic rings. The summed E-state index contributed by atoms with van der Waals surface area (Å²) in [6, 6.07) is 2.61. The zero-order valence-electron chi connectivity index (χ0n) is 15.2. The monoisotopic (exact) mass is 340 g/mol. The first-order valence-electron chi connectivity index (χ1n) is 8.79. The van der Waals surface area contributed by atoms with Crippen LogP contribution in [0.25, 0.3) is 0 Å². The van der Waals surface area contributed by atoms with Crippen molar-refractivity contribution in [3.63, 3.8) is 0 Å². The van der Waals surface area contributed by atoms with E-state index < -0.39 is 0 Å². The van der Waals surface area contributed by atoms with Gasteiger partial charge in [0.05, 0.1) is 12.7 Å². The first-order valence-corrected chi connectivity index (χ1v) is 8.79. The second-order valence-corrected chi connectivity index (χ2v) is 7.85. The minimum absolute atomic E-state index is 0.127. The maximum absolute atomic E-state index is 14.3. The SMILES string of the molecule is CC(Cc1cc(F)c(CNC(C)(C)C)cc1F)OCC1CCNC1. The highest BCUT2D eigenvalue weighted by atomic mass is 19.1. The summed E-state index contributed by atoms with van der Waals surface area (Å²) in [5.41, 5.74) is 0.597. The van der Waals surface area contributed by atoms with Gasteiger partial charge < -0.3 is 15.4 Å². The van der Waals surface area contributed by atoms with E-state index in [0.29, 0.717) is 36.6 Å². The van der Waals surface area contributed by atoms with Crippen molar-refractivity contribution in [3.8, 4) is 0 Å². The number of ether oxygens (including phenoxy) is 1. The van der Waals surface area contributed by atoms with Crippen LogP contribution in [0.2, 0.25) is 0 Å². The van der Waals surface area contributed by atoms with Crippen molar-refractivity contribution >= 4 is 0 Å². The van der Waals surface area contributed by atoms with Gasteiger partial charge in [0.25, 0.3) is 0 Å². The molecule has 3 nitrogen and oxygen atoms in total. The third-order valence-corrected chi connectivity index (χ3v) is 4.31. The van der Waals surface area contributed by atoms with Crippen LogP contribution in [0.15, 0.2) is 12.1 Å². The quantitative estimate of drug-likeness (QED) is 0.798. The molecular weight excluding hydrogens is 310 g/mol. The first-order chi connectivity index (χ1) is 11.2. The molecule has 0 aliphatic carbocycles. The van der Waals surface area contributed by atoms with E-state index >= 15 is 0 Å². The number of rotatable bonds is 7. The van der Waals surface area contributed by atoms with Crippen LogP contribution in [-0.4, -0.2) is 31.3 Å². The molecule has 1 aromatic carbocycles. The van der Waals surface area contributed by atoms with Gasteiger partial charge in [0.1, 0.15) is 11.6 Å². The third kappa shape index (κ3) is 6.11. The van der Waals surface area contributed by atoms with Crippen LogP contribution in [0.4, 0.5) is 8.78 Å². The molecule has 2 rings (SSSR count). The second kappa shape index (κ2) is 8.37. The van der Waals surface area contributed by atoms with E-state index in [-0.39, 0.29) is 23.3 Å². The number of nitrogens with one attached hydrogen (secondary N) is 2. The Morgan fingerprint density at radius 2 is 1.92 bits per heavy atom. The topological polar surface area (TPSA) is 33.3 Å². The van der Waals surface area contributed by atoms with Crippen molar-refractivity contribution in [1.29, 1.82) is 0 Å². The fourth-order valence-electron chi connectivity index (χ4n) is 2.81. The number of halogens is 2. The lowest BCUT2D eigenvalue weighted by Crippen LogP contribution is -2.35. The van der Waals surface area contributed by atoms with Crippen molar-refractivity contribution in [2.45, 2.75) is 58.7 Å². The molecule has 5 heteroatoms. The molecule has 0 amide bonds. The Labute approximate surface area is 144 Å². The highest BCUT2D eigenvalue weighted by Crippen LogP contribution is 2.19. The van der Waals surface area contributed by atoms with Crippen LogP contribution in [0.1, 0.15) is 45.2 Å². The molecule has 0 bridgehead atoms. The summed E-state index contributed by atoms with van der Waals surface area (Å²) in [5, 5.41) is 6.48. The molecular formula is C19H30F2N2O. The minimum Gasteiger partial charge on any atom is -0.378 e. The number of hydrogen-bond acceptors (Lipinski definition) is 3. The van der Waals surface area contributed by atoms with Crippen LogP contribution in [-0.2, 0) is 17.7 Å². The predicted molar refractivity (Wildman–Crippen MR) is 93.0 cm³/mol. The van der Waals surface area contributed by atoms with Crippen molar-refractivity contribution in [2.75, 3.05) is 19.7 Å². The van der Waals surface area contributed by atoms with Crippen LogP contribution >= 0.6 is 0 Å². The molecule has 2 atom stereocenters. The van der Waals surface area contributed by atoms with Gasteiger partial charge in [0.2, 0.25) is 0 Å². The van der Waals surface area contributed by atoms with Crippen molar-refractivity contribution in [1.82, 2.24) is 10.6 Å². The fourth-order valence-corrected chi connectivity index (χ4v) is 2.81. The Bertz CT molecular complexity index is 537. The highest BCUT2D eigenvalue weighted by molar-refractivity contribution is 5.27. The Morgan fingerprint density at radius 3 is 2.54 bits per heavy atom. The summed E-state index contributed by atoms with van der Waals surface area (Å²) in [4.78, 5) is 0. The van der Waals surface area contributed by atoms with E-state index in [1.807, 2.05) is 27.7 Å². The molecule has 1 aliphatic heterocycles. The largest absolute Gasteiger partial charge is 0.378 e. The molecule has 0 spiro atoms. The smallest absolute Gasteiger partial charge is 0.128 e. The van der Waals surface area contributed by atoms with E-state index in [1.54, 1.807) is 0 Å². The Balaban J connectivity index is 1.91. The van der Waals surface area contributed by atoms with Gasteiger partial charge in [-0.2, -0.15) is 0 Å². The average Bonchev–Trinajstić information content (AvgIpc) is 2.99. The third-order valence-electron chi connectivity index (χ3n) is 4.31. The lowest BCUT2D eigenvalue weighted by Gasteiger charge is -2.21. The molecule has 0 saturated carbocycles. The van der Waals surface area contributed by atoms with E-state index in [1.165, 1.54) is 12.1 Å². The van der Waals surface area contributed by atoms with Gasteiger partial charge in [-0.1, -0.05) is 0 Å². The second-order valence-electron chi connectivity index (χ2n) is 7.85. The van der Waals surface area contributed by atoms with Gasteiger partial charge in [-0.05, 0) is 64.3 Å². The average molecular weight is 340 g/mol. The highest BCUT2D eigenvalue weighted by Gasteiger charge is 2.18. The van der Waals surface area contributed by atoms with Gasteiger partial charge >= 0.3 is 0 Å². The Hall–Kier alpha value is -1.04. The van der Waals surface area contributed by atoms with Gasteiger partial charge in [-0.15, -0.1) is 0 Å². The molecule has 1 saturated heterocycles. The summed E-state index contributed by atoms with van der Waals surface area (Å²) >= 11 is 0. The first kappa shape index (κ1) is 19.3. The summed E-state index contributed by atoms with van der Waals surface area (Å²) in [5.74, 6) is -0.199. The van der Waals surface area contributed by atoms with Crippen molar-refractivity contribution in [2.24, 2.45) is 5.92 Å². The Morgan fingerprint density at radius 1 is 1.25 bits per heavy atom. The summed E-state index contributed by atoms with van der Waals surface area (Å²) in [6.45, 7) is 10.9. The van der Waals surface area contributed by atoms with Crippen LogP contribution < -0.4 is 10.6 Å². The molecule has 136 valence electrons. The molecule has 24 heavy (non-hydrogen) atoms. The lowest BCUT2D eigenvalue weighted by molar-refractivity contribution is 0.0441. The molecule has 2 unspecified atom stereocenters. The van der Waals surface area contributed by atoms with E-state index in [0.717, 1.165) is 19.5 Å². The number of benzene rings is 1. The molecule has 2 N–H and O–H groups in total. The summed E-state index contributed by atoms with van der Waals surface area (Å²) < 4.78 is 34.3.